The summed E-state index contributed by atoms with van der Waals surface area (Å²) in [6.07, 6.45) is 0. The van der Waals surface area contributed by atoms with Crippen molar-refractivity contribution in [2.45, 2.75) is 13.5 Å². The number of rotatable bonds is 6. The van der Waals surface area contributed by atoms with E-state index < -0.39 is 0 Å². The van der Waals surface area contributed by atoms with E-state index in [4.69, 9.17) is 21.1 Å². The Balaban J connectivity index is 2.37. The van der Waals surface area contributed by atoms with Crippen molar-refractivity contribution in [1.82, 2.24) is 0 Å². The Hall–Kier alpha value is -0.730. The Bertz CT molecular complexity index is 289. The highest BCUT2D eigenvalue weighted by Gasteiger charge is 2.00. The van der Waals surface area contributed by atoms with Crippen molar-refractivity contribution in [3.63, 3.8) is 0 Å². The molecule has 1 aromatic rings. The Morgan fingerprint density at radius 1 is 1.40 bits per heavy atom. The molecule has 0 fully saturated rings. The van der Waals surface area contributed by atoms with Crippen molar-refractivity contribution in [3.05, 3.63) is 29.8 Å². The quantitative estimate of drug-likeness (QED) is 0.697. The van der Waals surface area contributed by atoms with Gasteiger partial charge >= 0.3 is 0 Å². The smallest absolute Gasteiger partial charge is 0.119 e. The van der Waals surface area contributed by atoms with E-state index in [0.717, 1.165) is 11.3 Å². The molecule has 0 heterocycles. The maximum absolute atomic E-state index is 5.68. The molecule has 0 saturated carbocycles. The van der Waals surface area contributed by atoms with E-state index in [1.54, 1.807) is 7.11 Å². The predicted molar refractivity (Wildman–Crippen MR) is 62.5 cm³/mol. The van der Waals surface area contributed by atoms with Gasteiger partial charge in [0.25, 0.3) is 0 Å². The minimum atomic E-state index is 0.400. The van der Waals surface area contributed by atoms with Gasteiger partial charge < -0.3 is 9.47 Å². The van der Waals surface area contributed by atoms with Crippen molar-refractivity contribution >= 4 is 11.6 Å². The summed E-state index contributed by atoms with van der Waals surface area (Å²) in [6, 6.07) is 7.88. The lowest BCUT2D eigenvalue weighted by atomic mass is 10.2. The largest absolute Gasteiger partial charge is 0.497 e. The molecule has 0 saturated heterocycles. The standard InChI is InChI=1S/C12H17ClO2/c1-10(7-13)8-15-9-11-4-3-5-12(6-11)14-2/h3-6,10H,7-9H2,1-2H3. The minimum absolute atomic E-state index is 0.400. The van der Waals surface area contributed by atoms with E-state index in [1.807, 2.05) is 24.3 Å². The van der Waals surface area contributed by atoms with Gasteiger partial charge in [-0.3, -0.25) is 0 Å². The molecule has 0 N–H and O–H groups in total. The van der Waals surface area contributed by atoms with Gasteiger partial charge in [0, 0.05) is 5.88 Å². The van der Waals surface area contributed by atoms with Crippen LogP contribution in [-0.4, -0.2) is 19.6 Å². The molecular formula is C12H17ClO2. The Morgan fingerprint density at radius 2 is 2.20 bits per heavy atom. The minimum Gasteiger partial charge on any atom is -0.497 e. The summed E-state index contributed by atoms with van der Waals surface area (Å²) in [6.45, 7) is 3.37. The van der Waals surface area contributed by atoms with Gasteiger partial charge in [0.1, 0.15) is 5.75 Å². The van der Waals surface area contributed by atoms with Crippen molar-refractivity contribution < 1.29 is 9.47 Å². The molecule has 0 spiro atoms. The highest BCUT2D eigenvalue weighted by Crippen LogP contribution is 2.13. The average molecular weight is 229 g/mol. The molecule has 3 heteroatoms. The highest BCUT2D eigenvalue weighted by atomic mass is 35.5. The van der Waals surface area contributed by atoms with Gasteiger partial charge in [-0.2, -0.15) is 0 Å². The number of methoxy groups -OCH3 is 1. The van der Waals surface area contributed by atoms with Gasteiger partial charge in [0.05, 0.1) is 20.3 Å². The van der Waals surface area contributed by atoms with E-state index in [1.165, 1.54) is 0 Å². The number of halogens is 1. The van der Waals surface area contributed by atoms with Crippen LogP contribution in [0.25, 0.3) is 0 Å². The average Bonchev–Trinajstić information content (AvgIpc) is 2.29. The third kappa shape index (κ3) is 4.54. The zero-order valence-corrected chi connectivity index (χ0v) is 9.96. The van der Waals surface area contributed by atoms with E-state index in [-0.39, 0.29) is 0 Å². The summed E-state index contributed by atoms with van der Waals surface area (Å²) in [5.74, 6) is 1.90. The van der Waals surface area contributed by atoms with E-state index in [0.29, 0.717) is 25.0 Å². The molecule has 0 aliphatic rings. The molecule has 0 aromatic heterocycles. The second-order valence-electron chi connectivity index (χ2n) is 3.63. The molecule has 1 rings (SSSR count). The topological polar surface area (TPSA) is 18.5 Å². The normalized spacial score (nSPS) is 12.5. The molecule has 15 heavy (non-hydrogen) atoms. The Morgan fingerprint density at radius 3 is 2.87 bits per heavy atom. The molecule has 84 valence electrons. The molecule has 1 atom stereocenters. The maximum Gasteiger partial charge on any atom is 0.119 e. The number of ether oxygens (including phenoxy) is 2. The molecule has 0 aliphatic carbocycles. The fourth-order valence-electron chi connectivity index (χ4n) is 1.18. The van der Waals surface area contributed by atoms with Crippen LogP contribution in [0.15, 0.2) is 24.3 Å². The van der Waals surface area contributed by atoms with Crippen LogP contribution in [0.5, 0.6) is 5.75 Å². The van der Waals surface area contributed by atoms with Crippen LogP contribution in [0.1, 0.15) is 12.5 Å². The first-order valence-electron chi connectivity index (χ1n) is 5.03. The Kier molecular flexibility index (Phi) is 5.51. The van der Waals surface area contributed by atoms with E-state index >= 15 is 0 Å². The predicted octanol–water partition coefficient (Wildman–Crippen LogP) is 3.09. The van der Waals surface area contributed by atoms with Crippen LogP contribution in [0.3, 0.4) is 0 Å². The highest BCUT2D eigenvalue weighted by molar-refractivity contribution is 6.18. The molecule has 0 radical (unpaired) electrons. The van der Waals surface area contributed by atoms with E-state index in [9.17, 15) is 0 Å². The van der Waals surface area contributed by atoms with Gasteiger partial charge in [0.2, 0.25) is 0 Å². The van der Waals surface area contributed by atoms with Crippen LogP contribution in [-0.2, 0) is 11.3 Å². The van der Waals surface area contributed by atoms with Crippen LogP contribution >= 0.6 is 11.6 Å². The molecule has 0 aliphatic heterocycles. The third-order valence-electron chi connectivity index (χ3n) is 2.07. The summed E-state index contributed by atoms with van der Waals surface area (Å²) < 4.78 is 10.7. The lowest BCUT2D eigenvalue weighted by Gasteiger charge is -2.09. The zero-order valence-electron chi connectivity index (χ0n) is 9.20. The molecular weight excluding hydrogens is 212 g/mol. The van der Waals surface area contributed by atoms with Gasteiger partial charge in [0.15, 0.2) is 0 Å². The van der Waals surface area contributed by atoms with Crippen LogP contribution in [0.2, 0.25) is 0 Å². The lowest BCUT2D eigenvalue weighted by molar-refractivity contribution is 0.0978. The van der Waals surface area contributed by atoms with E-state index in [2.05, 4.69) is 6.92 Å². The summed E-state index contributed by atoms with van der Waals surface area (Å²) in [7, 11) is 1.66. The van der Waals surface area contributed by atoms with Gasteiger partial charge in [-0.1, -0.05) is 19.1 Å². The number of benzene rings is 1. The molecule has 1 aromatic carbocycles. The summed E-state index contributed by atoms with van der Waals surface area (Å²) >= 11 is 5.68. The summed E-state index contributed by atoms with van der Waals surface area (Å²) in [5.41, 5.74) is 1.12. The fourth-order valence-corrected chi connectivity index (χ4v) is 1.27. The second-order valence-corrected chi connectivity index (χ2v) is 3.93. The van der Waals surface area contributed by atoms with Gasteiger partial charge in [-0.25, -0.2) is 0 Å². The first kappa shape index (κ1) is 12.3. The summed E-state index contributed by atoms with van der Waals surface area (Å²) in [5, 5.41) is 0. The summed E-state index contributed by atoms with van der Waals surface area (Å²) in [4.78, 5) is 0. The van der Waals surface area contributed by atoms with Crippen molar-refractivity contribution in [2.75, 3.05) is 19.6 Å². The molecule has 1 unspecified atom stereocenters. The van der Waals surface area contributed by atoms with Gasteiger partial charge in [-0.15, -0.1) is 11.6 Å². The number of hydrogen-bond acceptors (Lipinski definition) is 2. The molecule has 2 nitrogen and oxygen atoms in total. The second kappa shape index (κ2) is 6.70. The molecule has 0 bridgehead atoms. The first-order chi connectivity index (χ1) is 7.26. The first-order valence-corrected chi connectivity index (χ1v) is 5.56. The fraction of sp³-hybridized carbons (Fsp3) is 0.500. The van der Waals surface area contributed by atoms with Crippen LogP contribution in [0.4, 0.5) is 0 Å². The van der Waals surface area contributed by atoms with Crippen molar-refractivity contribution in [1.29, 1.82) is 0 Å². The molecule has 0 amide bonds. The van der Waals surface area contributed by atoms with Crippen molar-refractivity contribution in [2.24, 2.45) is 5.92 Å². The zero-order chi connectivity index (χ0) is 11.1. The van der Waals surface area contributed by atoms with Gasteiger partial charge in [-0.05, 0) is 23.6 Å². The van der Waals surface area contributed by atoms with Crippen LogP contribution in [0, 0.1) is 5.92 Å². The van der Waals surface area contributed by atoms with Crippen LogP contribution < -0.4 is 4.74 Å². The number of hydrogen-bond donors (Lipinski definition) is 0. The monoisotopic (exact) mass is 228 g/mol. The lowest BCUT2D eigenvalue weighted by Crippen LogP contribution is -2.07. The number of alkyl halides is 1. The Labute approximate surface area is 96.2 Å². The van der Waals surface area contributed by atoms with Crippen molar-refractivity contribution in [3.8, 4) is 5.75 Å². The SMILES string of the molecule is COc1cccc(COCC(C)CCl)c1. The maximum atomic E-state index is 5.68. The third-order valence-corrected chi connectivity index (χ3v) is 2.60.